The third-order valence-corrected chi connectivity index (χ3v) is 6.48. The van der Waals surface area contributed by atoms with Gasteiger partial charge in [-0.25, -0.2) is 26.6 Å². The number of anilines is 1. The van der Waals surface area contributed by atoms with Gasteiger partial charge in [-0.2, -0.15) is 4.68 Å². The van der Waals surface area contributed by atoms with Crippen LogP contribution < -0.4 is 4.72 Å². The Balaban J connectivity index is 1.56. The topological polar surface area (TPSA) is 120 Å². The molecule has 0 saturated carbocycles. The Morgan fingerprint density at radius 1 is 1.03 bits per heavy atom. The van der Waals surface area contributed by atoms with E-state index >= 15 is 4.39 Å². The molecule has 10 nitrogen and oxygen atoms in total. The molecule has 0 radical (unpaired) electrons. The quantitative estimate of drug-likeness (QED) is 0.406. The molecule has 0 aliphatic carbocycles. The number of nitrogens with zero attached hydrogens (tertiary/aromatic N) is 7. The van der Waals surface area contributed by atoms with E-state index in [2.05, 4.69) is 25.5 Å². The number of halogens is 3. The van der Waals surface area contributed by atoms with E-state index in [1.54, 1.807) is 6.07 Å². The van der Waals surface area contributed by atoms with Crippen molar-refractivity contribution in [1.29, 1.82) is 0 Å². The van der Waals surface area contributed by atoms with E-state index in [9.17, 15) is 17.2 Å². The van der Waals surface area contributed by atoms with Gasteiger partial charge in [-0.3, -0.25) is 9.71 Å². The second kappa shape index (κ2) is 7.91. The van der Waals surface area contributed by atoms with Crippen molar-refractivity contribution in [3.8, 4) is 16.9 Å². The van der Waals surface area contributed by atoms with Crippen molar-refractivity contribution in [3.05, 3.63) is 78.5 Å². The molecule has 4 aromatic heterocycles. The number of fused-ring (bicyclic) bond motifs is 1. The standard InChI is InChI=1S/C20H13F3N8O2S/c1-11-17(6-13(21)7-24-11)34(32,33)27-15-4-3-14(22)18(19(15)23)12-2-5-16-20(25-9-30(16)8-12)31-10-26-28-29-31/h2-10,27H,1H3. The molecule has 0 amide bonds. The zero-order valence-electron chi connectivity index (χ0n) is 17.2. The summed E-state index contributed by atoms with van der Waals surface area (Å²) < 4.78 is 74.0. The van der Waals surface area contributed by atoms with Gasteiger partial charge in [0.1, 0.15) is 29.2 Å². The molecule has 0 bridgehead atoms. The zero-order valence-corrected chi connectivity index (χ0v) is 18.0. The van der Waals surface area contributed by atoms with Crippen LogP contribution in [0.3, 0.4) is 0 Å². The lowest BCUT2D eigenvalue weighted by Crippen LogP contribution is -2.16. The highest BCUT2D eigenvalue weighted by atomic mass is 32.2. The van der Waals surface area contributed by atoms with Crippen LogP contribution in [-0.4, -0.2) is 43.0 Å². The molecule has 0 fully saturated rings. The van der Waals surface area contributed by atoms with Crippen LogP contribution in [0.4, 0.5) is 18.9 Å². The number of nitrogens with one attached hydrogen (secondary N) is 1. The van der Waals surface area contributed by atoms with Gasteiger partial charge >= 0.3 is 0 Å². The fraction of sp³-hybridized carbons (Fsp3) is 0.0500. The largest absolute Gasteiger partial charge is 0.304 e. The molecule has 0 unspecified atom stereocenters. The van der Waals surface area contributed by atoms with Gasteiger partial charge in [-0.05, 0) is 41.6 Å². The summed E-state index contributed by atoms with van der Waals surface area (Å²) in [5.74, 6) is -2.53. The van der Waals surface area contributed by atoms with Gasteiger partial charge in [-0.15, -0.1) is 5.10 Å². The van der Waals surface area contributed by atoms with E-state index in [0.29, 0.717) is 11.3 Å². The van der Waals surface area contributed by atoms with Crippen molar-refractivity contribution in [3.63, 3.8) is 0 Å². The Labute approximate surface area is 189 Å². The number of imidazole rings is 1. The molecule has 0 atom stereocenters. The molecule has 172 valence electrons. The van der Waals surface area contributed by atoms with E-state index in [1.807, 2.05) is 4.72 Å². The minimum absolute atomic E-state index is 0.0144. The summed E-state index contributed by atoms with van der Waals surface area (Å²) in [7, 11) is -4.41. The average Bonchev–Trinajstić information content (AvgIpc) is 3.47. The maximum absolute atomic E-state index is 15.4. The van der Waals surface area contributed by atoms with Gasteiger partial charge in [0.2, 0.25) is 0 Å². The van der Waals surface area contributed by atoms with Crippen molar-refractivity contribution >= 4 is 21.2 Å². The monoisotopic (exact) mass is 486 g/mol. The molecule has 5 aromatic rings. The van der Waals surface area contributed by atoms with E-state index in [4.69, 9.17) is 0 Å². The summed E-state index contributed by atoms with van der Waals surface area (Å²) in [6.45, 7) is 1.37. The fourth-order valence-corrected chi connectivity index (χ4v) is 4.69. The van der Waals surface area contributed by atoms with Gasteiger partial charge in [0, 0.05) is 11.8 Å². The SMILES string of the molecule is Cc1ncc(F)cc1S(=O)(=O)Nc1ccc(F)c(-c2ccc3c(-n4cnnn4)ncn3c2)c1F. The Bertz CT molecular complexity index is 1650. The first kappa shape index (κ1) is 21.5. The summed E-state index contributed by atoms with van der Waals surface area (Å²) >= 11 is 0. The summed E-state index contributed by atoms with van der Waals surface area (Å²) in [5, 5.41) is 10.9. The lowest BCUT2D eigenvalue weighted by molar-refractivity contribution is 0.584. The highest BCUT2D eigenvalue weighted by Gasteiger charge is 2.23. The van der Waals surface area contributed by atoms with E-state index in [1.165, 1.54) is 40.9 Å². The van der Waals surface area contributed by atoms with Crippen LogP contribution in [0.2, 0.25) is 0 Å². The van der Waals surface area contributed by atoms with Crippen molar-refractivity contribution < 1.29 is 21.6 Å². The van der Waals surface area contributed by atoms with Crippen molar-refractivity contribution in [1.82, 2.24) is 34.6 Å². The van der Waals surface area contributed by atoms with Gasteiger partial charge in [0.25, 0.3) is 10.0 Å². The second-order valence-corrected chi connectivity index (χ2v) is 8.81. The van der Waals surface area contributed by atoms with Crippen LogP contribution in [0.15, 0.2) is 60.3 Å². The third-order valence-electron chi connectivity index (χ3n) is 5.00. The van der Waals surface area contributed by atoms with Crippen LogP contribution >= 0.6 is 0 Å². The molecular formula is C20H13F3N8O2S. The lowest BCUT2D eigenvalue weighted by Gasteiger charge is -2.14. The number of sulfonamides is 1. The van der Waals surface area contributed by atoms with Crippen molar-refractivity contribution in [2.24, 2.45) is 0 Å². The Hall–Kier alpha value is -4.33. The van der Waals surface area contributed by atoms with Crippen LogP contribution in [0, 0.1) is 24.4 Å². The van der Waals surface area contributed by atoms with Crippen LogP contribution in [0.25, 0.3) is 22.5 Å². The predicted molar refractivity (Wildman–Crippen MR) is 113 cm³/mol. The summed E-state index contributed by atoms with van der Waals surface area (Å²) in [6.07, 6.45) is 5.05. The summed E-state index contributed by atoms with van der Waals surface area (Å²) in [6, 6.07) is 5.65. The van der Waals surface area contributed by atoms with Crippen LogP contribution in [-0.2, 0) is 10.0 Å². The van der Waals surface area contributed by atoms with E-state index in [-0.39, 0.29) is 11.3 Å². The number of benzene rings is 1. The van der Waals surface area contributed by atoms with E-state index in [0.717, 1.165) is 24.4 Å². The molecular weight excluding hydrogens is 473 g/mol. The Morgan fingerprint density at radius 2 is 1.85 bits per heavy atom. The van der Waals surface area contributed by atoms with Crippen LogP contribution in [0.5, 0.6) is 0 Å². The summed E-state index contributed by atoms with van der Waals surface area (Å²) in [5.41, 5.74) is -0.287. The highest BCUT2D eigenvalue weighted by Crippen LogP contribution is 2.32. The number of rotatable bonds is 5. The lowest BCUT2D eigenvalue weighted by atomic mass is 10.1. The first-order valence-electron chi connectivity index (χ1n) is 9.58. The average molecular weight is 486 g/mol. The molecule has 34 heavy (non-hydrogen) atoms. The molecule has 0 aliphatic heterocycles. The molecule has 4 heterocycles. The number of hydrogen-bond donors (Lipinski definition) is 1. The van der Waals surface area contributed by atoms with Gasteiger partial charge in [-0.1, -0.05) is 6.07 Å². The zero-order chi connectivity index (χ0) is 24.0. The minimum Gasteiger partial charge on any atom is -0.304 e. The van der Waals surface area contributed by atoms with Crippen LogP contribution in [0.1, 0.15) is 5.69 Å². The fourth-order valence-electron chi connectivity index (χ4n) is 3.43. The molecule has 1 aromatic carbocycles. The first-order chi connectivity index (χ1) is 16.2. The number of aryl methyl sites for hydroxylation is 1. The number of aromatic nitrogens is 7. The molecule has 0 spiro atoms. The van der Waals surface area contributed by atoms with Crippen molar-refractivity contribution in [2.75, 3.05) is 4.72 Å². The van der Waals surface area contributed by atoms with Gasteiger partial charge < -0.3 is 4.40 Å². The third kappa shape index (κ3) is 3.63. The minimum atomic E-state index is -4.41. The second-order valence-electron chi connectivity index (χ2n) is 7.16. The molecule has 14 heteroatoms. The summed E-state index contributed by atoms with van der Waals surface area (Å²) in [4.78, 5) is 7.40. The predicted octanol–water partition coefficient (Wildman–Crippen LogP) is 2.90. The maximum atomic E-state index is 15.4. The Kier molecular flexibility index (Phi) is 5.01. The number of pyridine rings is 2. The van der Waals surface area contributed by atoms with E-state index < -0.39 is 43.6 Å². The molecule has 1 N–H and O–H groups in total. The molecule has 0 aliphatic rings. The number of tetrazole rings is 1. The van der Waals surface area contributed by atoms with Crippen molar-refractivity contribution in [2.45, 2.75) is 11.8 Å². The molecule has 0 saturated heterocycles. The normalized spacial score (nSPS) is 11.8. The smallest absolute Gasteiger partial charge is 0.263 e. The number of hydrogen-bond acceptors (Lipinski definition) is 7. The van der Waals surface area contributed by atoms with Gasteiger partial charge in [0.15, 0.2) is 11.6 Å². The highest BCUT2D eigenvalue weighted by molar-refractivity contribution is 7.92. The van der Waals surface area contributed by atoms with Gasteiger partial charge in [0.05, 0.1) is 28.7 Å². The Morgan fingerprint density at radius 3 is 2.62 bits per heavy atom. The maximum Gasteiger partial charge on any atom is 0.263 e. The first-order valence-corrected chi connectivity index (χ1v) is 11.1. The molecule has 5 rings (SSSR count).